The van der Waals surface area contributed by atoms with Crippen molar-refractivity contribution in [3.8, 4) is 17.1 Å². The van der Waals surface area contributed by atoms with E-state index in [-0.39, 0.29) is 0 Å². The molecule has 3 aromatic carbocycles. The number of ether oxygens (including phenoxy) is 1. The highest BCUT2D eigenvalue weighted by atomic mass is 32.2. The highest BCUT2D eigenvalue weighted by Crippen LogP contribution is 2.38. The molecular weight excluding hydrogens is 402 g/mol. The number of hydrogen-bond donors (Lipinski definition) is 1. The monoisotopic (exact) mass is 429 g/mol. The quantitative estimate of drug-likeness (QED) is 0.318. The van der Waals surface area contributed by atoms with E-state index in [0.717, 1.165) is 28.3 Å². The van der Waals surface area contributed by atoms with Gasteiger partial charge in [-0.3, -0.25) is 0 Å². The normalized spacial score (nSPS) is 14.2. The predicted octanol–water partition coefficient (Wildman–Crippen LogP) is 7.09. The summed E-state index contributed by atoms with van der Waals surface area (Å²) in [5.41, 5.74) is 5.66. The summed E-state index contributed by atoms with van der Waals surface area (Å²) >= 11 is 1.60. The van der Waals surface area contributed by atoms with Crippen LogP contribution in [-0.4, -0.2) is 15.8 Å². The highest BCUT2D eigenvalue weighted by molar-refractivity contribution is 7.99. The fourth-order valence-corrected chi connectivity index (χ4v) is 4.82. The summed E-state index contributed by atoms with van der Waals surface area (Å²) in [5, 5.41) is 0. The average Bonchev–Trinajstić information content (AvgIpc) is 3.46. The second kappa shape index (κ2) is 9.06. The molecule has 0 radical (unpaired) electrons. The largest absolute Gasteiger partial charge is 0.489 e. The van der Waals surface area contributed by atoms with E-state index in [9.17, 15) is 0 Å². The minimum Gasteiger partial charge on any atom is -0.489 e. The molecule has 0 atom stereocenters. The van der Waals surface area contributed by atoms with Gasteiger partial charge in [0.25, 0.3) is 0 Å². The molecule has 1 N–H and O–H groups in total. The molecule has 158 valence electrons. The Hall–Kier alpha value is -2.92. The van der Waals surface area contributed by atoms with Crippen LogP contribution in [0.4, 0.5) is 5.69 Å². The van der Waals surface area contributed by atoms with Crippen LogP contribution in [0.25, 0.3) is 22.4 Å². The molecule has 4 aromatic rings. The van der Waals surface area contributed by atoms with E-state index in [0.29, 0.717) is 12.6 Å². The molecule has 1 aromatic heterocycles. The van der Waals surface area contributed by atoms with Gasteiger partial charge in [0.1, 0.15) is 18.2 Å². The summed E-state index contributed by atoms with van der Waals surface area (Å²) in [7, 11) is 0. The molecule has 1 saturated carbocycles. The molecule has 1 fully saturated rings. The molecule has 5 rings (SSSR count). The van der Waals surface area contributed by atoms with Crippen molar-refractivity contribution in [2.24, 2.45) is 0 Å². The molecule has 1 aliphatic carbocycles. The predicted molar refractivity (Wildman–Crippen MR) is 131 cm³/mol. The van der Waals surface area contributed by atoms with E-state index in [1.165, 1.54) is 36.8 Å². The first-order chi connectivity index (χ1) is 15.3. The first-order valence-corrected chi connectivity index (χ1v) is 12.1. The van der Waals surface area contributed by atoms with Crippen molar-refractivity contribution < 1.29 is 4.74 Å². The van der Waals surface area contributed by atoms with Crippen LogP contribution in [-0.2, 0) is 6.61 Å². The second-order valence-corrected chi connectivity index (χ2v) is 8.66. The number of rotatable bonds is 7. The van der Waals surface area contributed by atoms with Crippen molar-refractivity contribution in [1.82, 2.24) is 9.55 Å². The fraction of sp³-hybridized carbons (Fsp3) is 0.269. The molecule has 4 nitrogen and oxygen atoms in total. The zero-order valence-electron chi connectivity index (χ0n) is 17.8. The number of anilines is 1. The number of aromatic nitrogens is 2. The maximum Gasteiger partial charge on any atom is 0.141 e. The van der Waals surface area contributed by atoms with Gasteiger partial charge in [0.2, 0.25) is 0 Å². The van der Waals surface area contributed by atoms with Crippen molar-refractivity contribution in [2.45, 2.75) is 38.3 Å². The zero-order valence-corrected chi connectivity index (χ0v) is 18.6. The third-order valence-corrected chi connectivity index (χ3v) is 6.40. The smallest absolute Gasteiger partial charge is 0.141 e. The van der Waals surface area contributed by atoms with Crippen molar-refractivity contribution in [3.05, 3.63) is 78.4 Å². The molecule has 1 aliphatic rings. The Morgan fingerprint density at radius 1 is 1.00 bits per heavy atom. The summed E-state index contributed by atoms with van der Waals surface area (Å²) in [6.45, 7) is 0.575. The van der Waals surface area contributed by atoms with Gasteiger partial charge >= 0.3 is 0 Å². The first-order valence-electron chi connectivity index (χ1n) is 10.9. The Bertz CT molecular complexity index is 1150. The summed E-state index contributed by atoms with van der Waals surface area (Å²) in [6, 6.07) is 25.7. The van der Waals surface area contributed by atoms with Crippen molar-refractivity contribution in [2.75, 3.05) is 11.0 Å². The summed E-state index contributed by atoms with van der Waals surface area (Å²) < 4.78 is 11.8. The third-order valence-electron chi connectivity index (χ3n) is 5.96. The number of imidazole rings is 1. The Balaban J connectivity index is 1.46. The maximum atomic E-state index is 5.98. The third kappa shape index (κ3) is 4.28. The first kappa shape index (κ1) is 20.0. The van der Waals surface area contributed by atoms with Crippen LogP contribution < -0.4 is 9.46 Å². The molecule has 0 saturated heterocycles. The van der Waals surface area contributed by atoms with Gasteiger partial charge in [0, 0.05) is 23.5 Å². The van der Waals surface area contributed by atoms with Crippen LogP contribution in [0, 0.1) is 0 Å². The molecular formula is C26H27N3OS. The molecule has 0 spiro atoms. The van der Waals surface area contributed by atoms with Crippen molar-refractivity contribution in [3.63, 3.8) is 0 Å². The van der Waals surface area contributed by atoms with Crippen molar-refractivity contribution in [1.29, 1.82) is 0 Å². The minimum atomic E-state index is 0.522. The van der Waals surface area contributed by atoms with E-state index in [4.69, 9.17) is 9.72 Å². The molecule has 0 bridgehead atoms. The fourth-order valence-electron chi connectivity index (χ4n) is 4.46. The Morgan fingerprint density at radius 2 is 1.77 bits per heavy atom. The Kier molecular flexibility index (Phi) is 5.85. The lowest BCUT2D eigenvalue weighted by Gasteiger charge is -2.17. The average molecular weight is 430 g/mol. The van der Waals surface area contributed by atoms with Crippen molar-refractivity contribution >= 4 is 28.7 Å². The van der Waals surface area contributed by atoms with Gasteiger partial charge in [-0.05, 0) is 60.9 Å². The highest BCUT2D eigenvalue weighted by Gasteiger charge is 2.23. The summed E-state index contributed by atoms with van der Waals surface area (Å²) in [6.07, 6.45) is 7.07. The van der Waals surface area contributed by atoms with Gasteiger partial charge in [-0.15, -0.1) is 0 Å². The van der Waals surface area contributed by atoms with E-state index in [1.54, 1.807) is 11.9 Å². The number of nitrogens with one attached hydrogen (secondary N) is 1. The van der Waals surface area contributed by atoms with Crippen LogP contribution in [0.15, 0.2) is 72.8 Å². The van der Waals surface area contributed by atoms with Gasteiger partial charge in [0.15, 0.2) is 0 Å². The molecule has 0 aliphatic heterocycles. The van der Waals surface area contributed by atoms with Gasteiger partial charge in [-0.1, -0.05) is 55.1 Å². The van der Waals surface area contributed by atoms with Gasteiger partial charge < -0.3 is 14.0 Å². The van der Waals surface area contributed by atoms with Crippen LogP contribution >= 0.6 is 11.9 Å². The van der Waals surface area contributed by atoms with Crippen LogP contribution in [0.2, 0.25) is 0 Å². The van der Waals surface area contributed by atoms with E-state index >= 15 is 0 Å². The standard InChI is InChI=1S/C26H27N3OS/c1-31-28-21-13-16-25-24(17-21)27-26(29(25)22-9-5-6-10-22)20-11-14-23(15-12-20)30-18-19-7-3-2-4-8-19/h2-4,7-8,11-17,22,28H,5-6,9-10,18H2,1H3. The van der Waals surface area contributed by atoms with Crippen LogP contribution in [0.1, 0.15) is 37.3 Å². The number of benzene rings is 3. The number of nitrogens with zero attached hydrogens (tertiary/aromatic N) is 2. The molecule has 31 heavy (non-hydrogen) atoms. The lowest BCUT2D eigenvalue weighted by atomic mass is 10.1. The maximum absolute atomic E-state index is 5.98. The molecule has 0 amide bonds. The van der Waals surface area contributed by atoms with Crippen LogP contribution in [0.5, 0.6) is 5.75 Å². The SMILES string of the molecule is CSNc1ccc2c(c1)nc(-c1ccc(OCc3ccccc3)cc1)n2C1CCCC1. The Morgan fingerprint density at radius 3 is 2.52 bits per heavy atom. The van der Waals surface area contributed by atoms with Gasteiger partial charge in [-0.2, -0.15) is 0 Å². The second-order valence-electron chi connectivity index (χ2n) is 8.05. The molecule has 1 heterocycles. The Labute approximate surface area is 187 Å². The van der Waals surface area contributed by atoms with E-state index < -0.39 is 0 Å². The summed E-state index contributed by atoms with van der Waals surface area (Å²) in [4.78, 5) is 5.07. The summed E-state index contributed by atoms with van der Waals surface area (Å²) in [5.74, 6) is 1.93. The van der Waals surface area contributed by atoms with Crippen LogP contribution in [0.3, 0.4) is 0 Å². The molecule has 5 heteroatoms. The lowest BCUT2D eigenvalue weighted by Crippen LogP contribution is -2.06. The number of fused-ring (bicyclic) bond motifs is 1. The lowest BCUT2D eigenvalue weighted by molar-refractivity contribution is 0.306. The van der Waals surface area contributed by atoms with E-state index in [2.05, 4.69) is 63.9 Å². The van der Waals surface area contributed by atoms with Gasteiger partial charge in [-0.25, -0.2) is 4.98 Å². The zero-order chi connectivity index (χ0) is 21.0. The topological polar surface area (TPSA) is 39.1 Å². The van der Waals surface area contributed by atoms with E-state index in [1.807, 2.05) is 24.5 Å². The van der Waals surface area contributed by atoms with Gasteiger partial charge in [0.05, 0.1) is 11.0 Å². The molecule has 0 unspecified atom stereocenters. The number of hydrogen-bond acceptors (Lipinski definition) is 4. The minimum absolute atomic E-state index is 0.522.